The Balaban J connectivity index is 2.13. The Morgan fingerprint density at radius 2 is 2.12 bits per heavy atom. The maximum Gasteiger partial charge on any atom is 0.153 e. The number of nitrogens with one attached hydrogen (secondary N) is 1. The maximum absolute atomic E-state index is 11.6. The number of hydrogen-bond donors (Lipinski definition) is 1. The fraction of sp³-hybridized carbons (Fsp3) is 1.00. The monoisotopic (exact) mass is 262 g/mol. The van der Waals surface area contributed by atoms with Crippen molar-refractivity contribution in [3.8, 4) is 0 Å². The number of likely N-dealkylation sites (tertiary alicyclic amines) is 1. The summed E-state index contributed by atoms with van der Waals surface area (Å²) in [5.41, 5.74) is 0. The molecule has 0 saturated carbocycles. The van der Waals surface area contributed by atoms with Gasteiger partial charge >= 0.3 is 0 Å². The third-order valence-corrected chi connectivity index (χ3v) is 5.74. The van der Waals surface area contributed by atoms with Crippen LogP contribution in [0.15, 0.2) is 0 Å². The lowest BCUT2D eigenvalue weighted by atomic mass is 10.1. The molecule has 0 aliphatic carbocycles. The topological polar surface area (TPSA) is 49.4 Å². The van der Waals surface area contributed by atoms with Crippen LogP contribution in [0.1, 0.15) is 27.2 Å². The van der Waals surface area contributed by atoms with Crippen LogP contribution in [-0.4, -0.2) is 57.0 Å². The van der Waals surface area contributed by atoms with Gasteiger partial charge in [-0.05, 0) is 45.8 Å². The molecule has 17 heavy (non-hydrogen) atoms. The van der Waals surface area contributed by atoms with Gasteiger partial charge in [0.15, 0.2) is 9.84 Å². The Hall–Kier alpha value is -0.130. The zero-order valence-electron chi connectivity index (χ0n) is 11.3. The van der Waals surface area contributed by atoms with E-state index in [-0.39, 0.29) is 11.0 Å². The van der Waals surface area contributed by atoms with Crippen LogP contribution >= 0.6 is 0 Å². The van der Waals surface area contributed by atoms with Gasteiger partial charge in [-0.3, -0.25) is 0 Å². The zero-order chi connectivity index (χ0) is 12.9. The molecule has 0 bridgehead atoms. The maximum atomic E-state index is 11.6. The highest BCUT2D eigenvalue weighted by atomic mass is 32.2. The molecule has 0 radical (unpaired) electrons. The molecular formula is C12H26N2O2S. The van der Waals surface area contributed by atoms with E-state index < -0.39 is 9.84 Å². The third kappa shape index (κ3) is 4.94. The lowest BCUT2D eigenvalue weighted by Crippen LogP contribution is -2.31. The van der Waals surface area contributed by atoms with E-state index in [0.717, 1.165) is 19.6 Å². The van der Waals surface area contributed by atoms with Gasteiger partial charge in [-0.15, -0.1) is 0 Å². The van der Waals surface area contributed by atoms with Gasteiger partial charge in [-0.2, -0.15) is 0 Å². The van der Waals surface area contributed by atoms with E-state index >= 15 is 0 Å². The largest absolute Gasteiger partial charge is 0.315 e. The first kappa shape index (κ1) is 14.9. The second-order valence-electron chi connectivity index (χ2n) is 5.17. The molecule has 1 unspecified atom stereocenters. The molecule has 1 N–H and O–H groups in total. The molecule has 1 aliphatic heterocycles. The SMILES string of the molecule is CCN1CCC(CNCCS(=O)(=O)C(C)C)C1. The van der Waals surface area contributed by atoms with Gasteiger partial charge in [0.1, 0.15) is 0 Å². The molecule has 1 saturated heterocycles. The first-order valence-corrected chi connectivity index (χ1v) is 8.32. The summed E-state index contributed by atoms with van der Waals surface area (Å²) < 4.78 is 23.2. The van der Waals surface area contributed by atoms with E-state index in [9.17, 15) is 8.42 Å². The minimum absolute atomic E-state index is 0.258. The first-order valence-electron chi connectivity index (χ1n) is 6.60. The molecule has 5 heteroatoms. The molecule has 0 amide bonds. The minimum atomic E-state index is -2.88. The lowest BCUT2D eigenvalue weighted by Gasteiger charge is -2.14. The molecule has 1 aliphatic rings. The van der Waals surface area contributed by atoms with Crippen molar-refractivity contribution >= 4 is 9.84 Å². The zero-order valence-corrected chi connectivity index (χ0v) is 12.1. The Kier molecular flexibility index (Phi) is 5.89. The van der Waals surface area contributed by atoms with Crippen LogP contribution in [-0.2, 0) is 9.84 Å². The van der Waals surface area contributed by atoms with E-state index in [1.807, 2.05) is 0 Å². The van der Waals surface area contributed by atoms with Crippen molar-refractivity contribution < 1.29 is 8.42 Å². The van der Waals surface area contributed by atoms with E-state index in [4.69, 9.17) is 0 Å². The smallest absolute Gasteiger partial charge is 0.153 e. The van der Waals surface area contributed by atoms with Crippen LogP contribution in [0.5, 0.6) is 0 Å². The molecule has 1 fully saturated rings. The Bertz CT molecular complexity index is 314. The van der Waals surface area contributed by atoms with Crippen molar-refractivity contribution in [3.63, 3.8) is 0 Å². The molecular weight excluding hydrogens is 236 g/mol. The minimum Gasteiger partial charge on any atom is -0.315 e. The van der Waals surface area contributed by atoms with Gasteiger partial charge in [0.25, 0.3) is 0 Å². The second-order valence-corrected chi connectivity index (χ2v) is 7.84. The molecule has 0 aromatic carbocycles. The first-order chi connectivity index (χ1) is 7.95. The van der Waals surface area contributed by atoms with E-state index in [1.54, 1.807) is 13.8 Å². The summed E-state index contributed by atoms with van der Waals surface area (Å²) in [6.07, 6.45) is 1.23. The summed E-state index contributed by atoms with van der Waals surface area (Å²) in [5, 5.41) is 3.02. The molecule has 1 heterocycles. The molecule has 1 rings (SSSR count). The highest BCUT2D eigenvalue weighted by Crippen LogP contribution is 2.14. The predicted molar refractivity (Wildman–Crippen MR) is 72.0 cm³/mol. The fourth-order valence-corrected chi connectivity index (χ4v) is 3.02. The van der Waals surface area contributed by atoms with Crippen molar-refractivity contribution in [3.05, 3.63) is 0 Å². The van der Waals surface area contributed by atoms with Gasteiger partial charge in [0, 0.05) is 13.1 Å². The highest BCUT2D eigenvalue weighted by Gasteiger charge is 2.21. The summed E-state index contributed by atoms with van der Waals surface area (Å²) >= 11 is 0. The van der Waals surface area contributed by atoms with Crippen LogP contribution < -0.4 is 5.32 Å². The average molecular weight is 262 g/mol. The number of rotatable bonds is 7. The summed E-state index contributed by atoms with van der Waals surface area (Å²) in [6, 6.07) is 0. The van der Waals surface area contributed by atoms with E-state index in [0.29, 0.717) is 12.5 Å². The Morgan fingerprint density at radius 1 is 1.41 bits per heavy atom. The lowest BCUT2D eigenvalue weighted by molar-refractivity contribution is 0.339. The predicted octanol–water partition coefficient (Wildman–Crippen LogP) is 0.741. The van der Waals surface area contributed by atoms with Crippen LogP contribution in [0.2, 0.25) is 0 Å². The highest BCUT2D eigenvalue weighted by molar-refractivity contribution is 7.92. The molecule has 1 atom stereocenters. The van der Waals surface area contributed by atoms with Crippen molar-refractivity contribution in [1.29, 1.82) is 0 Å². The third-order valence-electron chi connectivity index (χ3n) is 3.53. The summed E-state index contributed by atoms with van der Waals surface area (Å²) in [5.74, 6) is 0.950. The van der Waals surface area contributed by atoms with Crippen molar-refractivity contribution in [2.24, 2.45) is 5.92 Å². The van der Waals surface area contributed by atoms with E-state index in [2.05, 4.69) is 17.1 Å². The van der Waals surface area contributed by atoms with Crippen LogP contribution in [0.4, 0.5) is 0 Å². The van der Waals surface area contributed by atoms with Crippen LogP contribution in [0.3, 0.4) is 0 Å². The summed E-state index contributed by atoms with van der Waals surface area (Å²) in [7, 11) is -2.88. The number of hydrogen-bond acceptors (Lipinski definition) is 4. The molecule has 102 valence electrons. The molecule has 0 aromatic heterocycles. The average Bonchev–Trinajstić information content (AvgIpc) is 2.72. The van der Waals surface area contributed by atoms with Gasteiger partial charge in [-0.25, -0.2) is 8.42 Å². The van der Waals surface area contributed by atoms with Crippen molar-refractivity contribution in [2.75, 3.05) is 38.5 Å². The fourth-order valence-electron chi connectivity index (χ4n) is 2.12. The number of nitrogens with zero attached hydrogens (tertiary/aromatic N) is 1. The Labute approximate surface area is 106 Å². The van der Waals surface area contributed by atoms with Gasteiger partial charge in [0.05, 0.1) is 11.0 Å². The van der Waals surface area contributed by atoms with E-state index in [1.165, 1.54) is 13.0 Å². The Morgan fingerprint density at radius 3 is 2.65 bits per heavy atom. The van der Waals surface area contributed by atoms with Crippen LogP contribution in [0, 0.1) is 5.92 Å². The molecule has 0 aromatic rings. The standard InChI is InChI=1S/C12H26N2O2S/c1-4-14-7-5-12(10-14)9-13-6-8-17(15,16)11(2)3/h11-13H,4-10H2,1-3H3. The van der Waals surface area contributed by atoms with Gasteiger partial charge in [0.2, 0.25) is 0 Å². The molecule has 0 spiro atoms. The quantitative estimate of drug-likeness (QED) is 0.688. The molecule has 4 nitrogen and oxygen atoms in total. The summed E-state index contributed by atoms with van der Waals surface area (Å²) in [4.78, 5) is 2.44. The second kappa shape index (κ2) is 6.71. The van der Waals surface area contributed by atoms with Gasteiger partial charge in [-0.1, -0.05) is 6.92 Å². The van der Waals surface area contributed by atoms with Crippen molar-refractivity contribution in [1.82, 2.24) is 10.2 Å². The normalized spacial score (nSPS) is 22.5. The summed E-state index contributed by atoms with van der Waals surface area (Å²) in [6.45, 7) is 10.7. The van der Waals surface area contributed by atoms with Crippen LogP contribution in [0.25, 0.3) is 0 Å². The number of sulfone groups is 1. The van der Waals surface area contributed by atoms with Crippen molar-refractivity contribution in [2.45, 2.75) is 32.4 Å². The van der Waals surface area contributed by atoms with Gasteiger partial charge < -0.3 is 10.2 Å².